The molecule has 0 aromatic heterocycles. The van der Waals surface area contributed by atoms with E-state index in [2.05, 4.69) is 10.6 Å². The second kappa shape index (κ2) is 8.77. The van der Waals surface area contributed by atoms with Crippen molar-refractivity contribution in [3.8, 4) is 0 Å². The van der Waals surface area contributed by atoms with Gasteiger partial charge in [-0.1, -0.05) is 17.7 Å². The molecule has 1 heterocycles. The first-order chi connectivity index (χ1) is 15.9. The van der Waals surface area contributed by atoms with Crippen LogP contribution >= 0.6 is 11.6 Å². The zero-order valence-electron chi connectivity index (χ0n) is 18.0. The van der Waals surface area contributed by atoms with Crippen LogP contribution in [0.4, 0.5) is 29.3 Å². The Morgan fingerprint density at radius 1 is 1.18 bits per heavy atom. The minimum absolute atomic E-state index is 0.0171. The summed E-state index contributed by atoms with van der Waals surface area (Å²) in [6.45, 7) is 0.0171. The van der Waals surface area contributed by atoms with E-state index >= 15 is 0 Å². The van der Waals surface area contributed by atoms with Crippen molar-refractivity contribution in [1.82, 2.24) is 5.32 Å². The number of benzene rings is 2. The molecule has 2 fully saturated rings. The maximum absolute atomic E-state index is 15.0. The highest BCUT2D eigenvalue weighted by molar-refractivity contribution is 7.90. The SMILES string of the molecule is CS(=O)(=O)CC1(c2ccc(N3CC[C@@H](NC(=O)Nc4ccc(Cl)cc4F)C3=O)c(F)c2F)CC1. The molecule has 3 amide bonds. The minimum atomic E-state index is -3.41. The van der Waals surface area contributed by atoms with Crippen LogP contribution in [0.3, 0.4) is 0 Å². The second-order valence-corrected chi connectivity index (χ2v) is 11.2. The Balaban J connectivity index is 1.47. The van der Waals surface area contributed by atoms with Crippen LogP contribution in [0.1, 0.15) is 24.8 Å². The average Bonchev–Trinajstić information content (AvgIpc) is 3.41. The van der Waals surface area contributed by atoms with Crippen LogP contribution in [0, 0.1) is 17.5 Å². The van der Waals surface area contributed by atoms with Crippen molar-refractivity contribution < 1.29 is 31.2 Å². The van der Waals surface area contributed by atoms with Crippen molar-refractivity contribution >= 4 is 44.8 Å². The fourth-order valence-electron chi connectivity index (χ4n) is 4.26. The predicted octanol–water partition coefficient (Wildman–Crippen LogP) is 3.76. The van der Waals surface area contributed by atoms with Crippen LogP contribution in [0.5, 0.6) is 0 Å². The Bertz CT molecular complexity index is 1280. The molecule has 0 unspecified atom stereocenters. The fourth-order valence-corrected chi connectivity index (χ4v) is 5.87. The Labute approximate surface area is 199 Å². The first-order valence-electron chi connectivity index (χ1n) is 10.4. The number of nitrogens with one attached hydrogen (secondary N) is 2. The van der Waals surface area contributed by atoms with Crippen molar-refractivity contribution in [2.75, 3.05) is 28.8 Å². The Kier molecular flexibility index (Phi) is 6.28. The summed E-state index contributed by atoms with van der Waals surface area (Å²) in [5.41, 5.74) is -1.42. The molecular formula is C22H21ClF3N3O4S. The maximum Gasteiger partial charge on any atom is 0.319 e. The number of hydrogen-bond acceptors (Lipinski definition) is 4. The number of halogens is 4. The summed E-state index contributed by atoms with van der Waals surface area (Å²) in [7, 11) is -3.41. The number of nitrogens with zero attached hydrogens (tertiary/aromatic N) is 1. The molecule has 1 saturated heterocycles. The summed E-state index contributed by atoms with van der Waals surface area (Å²) >= 11 is 5.67. The van der Waals surface area contributed by atoms with Crippen molar-refractivity contribution in [3.63, 3.8) is 0 Å². The van der Waals surface area contributed by atoms with Crippen LogP contribution in [0.25, 0.3) is 0 Å². The lowest BCUT2D eigenvalue weighted by Gasteiger charge is -2.21. The van der Waals surface area contributed by atoms with Gasteiger partial charge in [0, 0.05) is 23.2 Å². The van der Waals surface area contributed by atoms with E-state index in [1.807, 2.05) is 0 Å². The largest absolute Gasteiger partial charge is 0.326 e. The van der Waals surface area contributed by atoms with E-state index in [0.29, 0.717) is 12.8 Å². The summed E-state index contributed by atoms with van der Waals surface area (Å²) in [5.74, 6) is -4.13. The van der Waals surface area contributed by atoms with E-state index in [4.69, 9.17) is 11.6 Å². The summed E-state index contributed by atoms with van der Waals surface area (Å²) in [5, 5.41) is 4.82. The van der Waals surface area contributed by atoms with Gasteiger partial charge in [0.15, 0.2) is 11.6 Å². The zero-order valence-corrected chi connectivity index (χ0v) is 19.6. The van der Waals surface area contributed by atoms with Gasteiger partial charge in [0.25, 0.3) is 0 Å². The van der Waals surface area contributed by atoms with Gasteiger partial charge in [0.2, 0.25) is 5.91 Å². The highest BCUT2D eigenvalue weighted by Crippen LogP contribution is 2.51. The molecule has 2 aromatic rings. The quantitative estimate of drug-likeness (QED) is 0.612. The van der Waals surface area contributed by atoms with Gasteiger partial charge >= 0.3 is 6.03 Å². The highest BCUT2D eigenvalue weighted by Gasteiger charge is 2.49. The lowest BCUT2D eigenvalue weighted by atomic mass is 9.96. The normalized spacial score (nSPS) is 19.3. The van der Waals surface area contributed by atoms with Crippen LogP contribution in [0.15, 0.2) is 30.3 Å². The molecule has 0 radical (unpaired) electrons. The molecule has 0 spiro atoms. The first-order valence-corrected chi connectivity index (χ1v) is 12.8. The molecule has 34 heavy (non-hydrogen) atoms. The standard InChI is InChI=1S/C22H21ClF3N3O4S/c1-34(32,33)11-22(7-8-22)13-3-5-17(19(26)18(13)25)29-9-6-16(20(29)30)28-21(31)27-15-4-2-12(23)10-14(15)24/h2-5,10,16H,6-9,11H2,1H3,(H2,27,28,31)/t16-/m1/s1. The summed E-state index contributed by atoms with van der Waals surface area (Å²) in [4.78, 5) is 26.0. The number of carbonyl (C=O) groups excluding carboxylic acids is 2. The summed E-state index contributed by atoms with van der Waals surface area (Å²) in [6, 6.07) is 4.34. The number of carbonyl (C=O) groups is 2. The molecule has 2 aliphatic rings. The van der Waals surface area contributed by atoms with Gasteiger partial charge in [-0.05, 0) is 49.1 Å². The van der Waals surface area contributed by atoms with Gasteiger partial charge in [0.05, 0.1) is 17.1 Å². The molecule has 12 heteroatoms. The molecule has 0 bridgehead atoms. The molecule has 1 aliphatic carbocycles. The number of anilines is 2. The van der Waals surface area contributed by atoms with Crippen LogP contribution in [0.2, 0.25) is 5.02 Å². The lowest BCUT2D eigenvalue weighted by molar-refractivity contribution is -0.118. The third-order valence-corrected chi connectivity index (χ3v) is 7.32. The molecular weight excluding hydrogens is 495 g/mol. The van der Waals surface area contributed by atoms with E-state index < -0.39 is 50.7 Å². The van der Waals surface area contributed by atoms with Crippen molar-refractivity contribution in [2.45, 2.75) is 30.7 Å². The van der Waals surface area contributed by atoms with Gasteiger partial charge in [-0.3, -0.25) is 4.79 Å². The Hall–Kier alpha value is -2.79. The first kappa shape index (κ1) is 24.3. The Morgan fingerprint density at radius 2 is 1.88 bits per heavy atom. The number of sulfone groups is 1. The number of urea groups is 1. The van der Waals surface area contributed by atoms with Gasteiger partial charge in [-0.25, -0.2) is 26.4 Å². The lowest BCUT2D eigenvalue weighted by Crippen LogP contribution is -2.43. The van der Waals surface area contributed by atoms with Crippen LogP contribution in [-0.2, 0) is 20.0 Å². The Morgan fingerprint density at radius 3 is 2.50 bits per heavy atom. The van der Waals surface area contributed by atoms with Crippen molar-refractivity contribution in [1.29, 1.82) is 0 Å². The van der Waals surface area contributed by atoms with E-state index in [1.54, 1.807) is 0 Å². The zero-order chi connectivity index (χ0) is 24.8. The third-order valence-electron chi connectivity index (χ3n) is 6.01. The van der Waals surface area contributed by atoms with Gasteiger partial charge in [0.1, 0.15) is 21.7 Å². The monoisotopic (exact) mass is 515 g/mol. The highest BCUT2D eigenvalue weighted by atomic mass is 35.5. The van der Waals surface area contributed by atoms with Gasteiger partial charge in [-0.2, -0.15) is 0 Å². The fraction of sp³-hybridized carbons (Fsp3) is 0.364. The topological polar surface area (TPSA) is 95.6 Å². The number of amides is 3. The molecule has 1 aliphatic heterocycles. The second-order valence-electron chi connectivity index (χ2n) is 8.66. The smallest absolute Gasteiger partial charge is 0.319 e. The summed E-state index contributed by atoms with van der Waals surface area (Å²) < 4.78 is 67.2. The van der Waals surface area contributed by atoms with E-state index in [-0.39, 0.29) is 40.7 Å². The summed E-state index contributed by atoms with van der Waals surface area (Å²) in [6.07, 6.45) is 2.01. The maximum atomic E-state index is 15.0. The molecule has 182 valence electrons. The predicted molar refractivity (Wildman–Crippen MR) is 121 cm³/mol. The molecule has 2 aromatic carbocycles. The molecule has 1 atom stereocenters. The van der Waals surface area contributed by atoms with E-state index in [1.165, 1.54) is 24.3 Å². The number of rotatable bonds is 6. The van der Waals surface area contributed by atoms with Crippen molar-refractivity contribution in [3.05, 3.63) is 58.4 Å². The molecule has 7 nitrogen and oxygen atoms in total. The molecule has 1 saturated carbocycles. The average molecular weight is 516 g/mol. The van der Waals surface area contributed by atoms with Crippen LogP contribution < -0.4 is 15.5 Å². The van der Waals surface area contributed by atoms with E-state index in [9.17, 15) is 31.2 Å². The van der Waals surface area contributed by atoms with E-state index in [0.717, 1.165) is 17.2 Å². The number of hydrogen-bond donors (Lipinski definition) is 2. The minimum Gasteiger partial charge on any atom is -0.326 e. The van der Waals surface area contributed by atoms with Gasteiger partial charge < -0.3 is 15.5 Å². The molecule has 2 N–H and O–H groups in total. The van der Waals surface area contributed by atoms with Gasteiger partial charge in [-0.15, -0.1) is 0 Å². The van der Waals surface area contributed by atoms with Crippen LogP contribution in [-0.4, -0.2) is 45.0 Å². The van der Waals surface area contributed by atoms with Crippen molar-refractivity contribution in [2.24, 2.45) is 0 Å². The third kappa shape index (κ3) is 4.85. The molecule has 4 rings (SSSR count).